The number of fused-ring (bicyclic) bond motifs is 4. The summed E-state index contributed by atoms with van der Waals surface area (Å²) in [6.45, 7) is 15.4. The van der Waals surface area contributed by atoms with Crippen molar-refractivity contribution in [2.45, 2.75) is 79.9 Å². The Morgan fingerprint density at radius 3 is 2.41 bits per heavy atom. The summed E-state index contributed by atoms with van der Waals surface area (Å²) >= 11 is 13.6. The quantitative estimate of drug-likeness (QED) is 0.111. The number of aromatic nitrogens is 7. The lowest BCUT2D eigenvalue weighted by Gasteiger charge is -2.34. The number of allylic oxidation sites excluding steroid dienone is 2. The third-order valence-corrected chi connectivity index (χ3v) is 11.7. The van der Waals surface area contributed by atoms with Gasteiger partial charge < -0.3 is 24.5 Å². The molecule has 0 fully saturated rings. The molecule has 0 bridgehead atoms. The number of hydrogen-bond donors (Lipinski definition) is 2. The number of nitrogens with zero attached hydrogens (tertiary/aromatic N) is 7. The van der Waals surface area contributed by atoms with Gasteiger partial charge in [0, 0.05) is 90.2 Å². The van der Waals surface area contributed by atoms with E-state index in [9.17, 15) is 0 Å². The molecule has 1 aliphatic heterocycles. The molecular formula is C44H53Cl2N9O3. The molecule has 0 saturated carbocycles. The zero-order valence-corrected chi connectivity index (χ0v) is 36.5. The van der Waals surface area contributed by atoms with Crippen LogP contribution in [0.2, 0.25) is 5.02 Å². The van der Waals surface area contributed by atoms with Gasteiger partial charge in [0.15, 0.2) is 5.82 Å². The van der Waals surface area contributed by atoms with Crippen LogP contribution in [0.5, 0.6) is 0 Å². The first-order chi connectivity index (χ1) is 27.8. The van der Waals surface area contributed by atoms with Crippen LogP contribution in [0, 0.1) is 13.8 Å². The van der Waals surface area contributed by atoms with E-state index in [4.69, 9.17) is 37.8 Å². The number of nitrogens with one attached hydrogen (secondary N) is 2. The zero-order valence-electron chi connectivity index (χ0n) is 35.0. The van der Waals surface area contributed by atoms with E-state index >= 15 is 4.79 Å². The lowest BCUT2D eigenvalue weighted by molar-refractivity contribution is -0.109. The van der Waals surface area contributed by atoms with E-state index < -0.39 is 0 Å². The number of benzene rings is 2. The van der Waals surface area contributed by atoms with Crippen LogP contribution in [0.25, 0.3) is 44.3 Å². The topological polar surface area (TPSA) is 128 Å². The Morgan fingerprint density at radius 1 is 1.03 bits per heavy atom. The fourth-order valence-corrected chi connectivity index (χ4v) is 8.57. The van der Waals surface area contributed by atoms with Gasteiger partial charge in [-0.2, -0.15) is 10.2 Å². The second-order valence-electron chi connectivity index (χ2n) is 14.7. The molecule has 2 N–H and O–H groups in total. The first-order valence-electron chi connectivity index (χ1n) is 19.8. The van der Waals surface area contributed by atoms with Crippen molar-refractivity contribution in [3.63, 3.8) is 0 Å². The molecule has 6 aromatic rings. The maximum Gasteiger partial charge on any atom is 0.275 e. The number of halogens is 2. The number of amides is 2. The highest BCUT2D eigenvalue weighted by atomic mass is 35.5. The summed E-state index contributed by atoms with van der Waals surface area (Å²) in [6, 6.07) is 10.1. The second kappa shape index (κ2) is 17.8. The highest BCUT2D eigenvalue weighted by molar-refractivity contribution is 6.35. The molecule has 4 aromatic heterocycles. The molecular weight excluding hydrogens is 773 g/mol. The maximum absolute atomic E-state index is 15.1. The van der Waals surface area contributed by atoms with Crippen LogP contribution in [0.15, 0.2) is 65.1 Å². The smallest absolute Gasteiger partial charge is 0.275 e. The van der Waals surface area contributed by atoms with E-state index in [-0.39, 0.29) is 18.1 Å². The van der Waals surface area contributed by atoms with Crippen molar-refractivity contribution < 1.29 is 14.3 Å². The van der Waals surface area contributed by atoms with Crippen LogP contribution in [-0.4, -0.2) is 72.7 Å². The number of hydrogen-bond acceptors (Lipinski definition) is 6. The highest BCUT2D eigenvalue weighted by Crippen LogP contribution is 2.45. The summed E-state index contributed by atoms with van der Waals surface area (Å²) in [7, 11) is 5.37. The predicted octanol–water partition coefficient (Wildman–Crippen LogP) is 9.38. The van der Waals surface area contributed by atoms with Crippen molar-refractivity contribution in [3.8, 4) is 22.5 Å². The molecule has 1 aliphatic carbocycles. The highest BCUT2D eigenvalue weighted by Gasteiger charge is 2.37. The molecule has 12 nitrogen and oxygen atoms in total. The minimum absolute atomic E-state index is 0.0191. The van der Waals surface area contributed by atoms with Gasteiger partial charge in [0.2, 0.25) is 6.41 Å². The van der Waals surface area contributed by atoms with E-state index in [1.54, 1.807) is 18.1 Å². The lowest BCUT2D eigenvalue weighted by atomic mass is 9.98. The van der Waals surface area contributed by atoms with Crippen molar-refractivity contribution in [2.24, 2.45) is 14.1 Å². The molecule has 0 spiro atoms. The van der Waals surface area contributed by atoms with E-state index in [2.05, 4.69) is 63.9 Å². The van der Waals surface area contributed by atoms with Gasteiger partial charge >= 0.3 is 0 Å². The monoisotopic (exact) mass is 825 g/mol. The van der Waals surface area contributed by atoms with Crippen molar-refractivity contribution in [1.82, 2.24) is 39.4 Å². The van der Waals surface area contributed by atoms with Crippen molar-refractivity contribution in [1.29, 1.82) is 0 Å². The standard InChI is InChI=1S/C40H42Cl2N8O2.C2H5NO.C2H6/c1-21-15-27(16-22(2)36(21)42)52-14-8-9-28-29-11-12-31(41)35(34-24(4)45-48(7)25(34)5)37(29)50-23(3)19-49(40(51)38(28)50)33-18-43-32-13-10-26(17-30(32)33)39-44-20-47(6)46-39;1-3-2-4;1-2/h10-13,15,17-18,20,23,27,43H,8-9,14,16,19H2,1-7H3;2H,1H3,(H,3,4);1-2H3/t23-,27?;;/m1../s1. The third-order valence-electron chi connectivity index (χ3n) is 10.8. The molecule has 1 unspecified atom stereocenters. The Balaban J connectivity index is 0.000000892. The SMILES string of the molecule is CC.CC1=CC(OCCCc2c3n(c4c(-c5c(C)nn(C)c5C)c(Cl)ccc24)[C@H](C)CN(c2c[nH]c4ccc(-c5ncn(C)n5)cc24)C3=O)CC(C)=C1Cl.CNC=O. The normalized spacial score (nSPS) is 16.5. The van der Waals surface area contributed by atoms with Crippen molar-refractivity contribution in [3.05, 3.63) is 92.8 Å². The fraction of sp³-hybridized carbons (Fsp3) is 0.386. The fourth-order valence-electron chi connectivity index (χ4n) is 8.18. The van der Waals surface area contributed by atoms with Crippen molar-refractivity contribution in [2.75, 3.05) is 25.1 Å². The van der Waals surface area contributed by atoms with Crippen LogP contribution in [-0.2, 0) is 30.0 Å². The number of ether oxygens (including phenoxy) is 1. The average Bonchev–Trinajstić information content (AvgIpc) is 3.98. The summed E-state index contributed by atoms with van der Waals surface area (Å²) in [4.78, 5) is 33.9. The first kappa shape index (κ1) is 42.4. The van der Waals surface area contributed by atoms with Crippen molar-refractivity contribution >= 4 is 63.0 Å². The summed E-state index contributed by atoms with van der Waals surface area (Å²) in [6.07, 6.45) is 8.51. The minimum atomic E-state index is -0.0600. The van der Waals surface area contributed by atoms with Crippen LogP contribution in [0.1, 0.15) is 80.9 Å². The predicted molar refractivity (Wildman–Crippen MR) is 235 cm³/mol. The minimum Gasteiger partial charge on any atom is -0.374 e. The van der Waals surface area contributed by atoms with E-state index in [1.165, 1.54) is 0 Å². The molecule has 2 aliphatic rings. The first-order valence-corrected chi connectivity index (χ1v) is 20.5. The summed E-state index contributed by atoms with van der Waals surface area (Å²) < 4.78 is 12.2. The molecule has 306 valence electrons. The maximum atomic E-state index is 15.1. The molecule has 8 rings (SSSR count). The molecule has 5 heterocycles. The van der Waals surface area contributed by atoms with Crippen LogP contribution in [0.4, 0.5) is 5.69 Å². The van der Waals surface area contributed by atoms with E-state index in [0.29, 0.717) is 42.5 Å². The largest absolute Gasteiger partial charge is 0.374 e. The number of aromatic amines is 1. The number of carbonyl (C=O) groups is 2. The Hall–Kier alpha value is -5.17. The summed E-state index contributed by atoms with van der Waals surface area (Å²) in [5.74, 6) is 0.591. The van der Waals surface area contributed by atoms with Gasteiger partial charge in [-0.1, -0.05) is 54.8 Å². The molecule has 58 heavy (non-hydrogen) atoms. The molecule has 2 amide bonds. The Labute approximate surface area is 349 Å². The van der Waals surface area contributed by atoms with Gasteiger partial charge in [-0.25, -0.2) is 4.98 Å². The van der Waals surface area contributed by atoms with Gasteiger partial charge in [0.05, 0.1) is 28.0 Å². The summed E-state index contributed by atoms with van der Waals surface area (Å²) in [5, 5.41) is 14.9. The Bertz CT molecular complexity index is 2550. The van der Waals surface area contributed by atoms with Gasteiger partial charge in [0.1, 0.15) is 12.0 Å². The van der Waals surface area contributed by atoms with Crippen LogP contribution >= 0.6 is 23.2 Å². The summed E-state index contributed by atoms with van der Waals surface area (Å²) in [5.41, 5.74) is 11.4. The van der Waals surface area contributed by atoms with Gasteiger partial charge in [0.25, 0.3) is 5.91 Å². The Morgan fingerprint density at radius 2 is 1.78 bits per heavy atom. The lowest BCUT2D eigenvalue weighted by Crippen LogP contribution is -2.42. The molecule has 2 atom stereocenters. The number of rotatable bonds is 9. The number of anilines is 1. The zero-order chi connectivity index (χ0) is 42.0. The van der Waals surface area contributed by atoms with Crippen LogP contribution in [0.3, 0.4) is 0 Å². The van der Waals surface area contributed by atoms with E-state index in [0.717, 1.165) is 90.2 Å². The van der Waals surface area contributed by atoms with E-state index in [1.807, 2.05) is 75.8 Å². The molecule has 0 saturated heterocycles. The van der Waals surface area contributed by atoms with Gasteiger partial charge in [-0.05, 0) is 89.3 Å². The second-order valence-corrected chi connectivity index (χ2v) is 15.5. The molecule has 14 heteroatoms. The number of aryl methyl sites for hydroxylation is 4. The number of H-pyrrole nitrogens is 1. The Kier molecular flexibility index (Phi) is 13.0. The van der Waals surface area contributed by atoms with Gasteiger partial charge in [-0.3, -0.25) is 19.0 Å². The van der Waals surface area contributed by atoms with Gasteiger partial charge in [-0.15, -0.1) is 0 Å². The van der Waals surface area contributed by atoms with Crippen LogP contribution < -0.4 is 10.2 Å². The number of carbonyl (C=O) groups excluding carboxylic acids is 2. The molecule has 0 radical (unpaired) electrons. The average molecular weight is 827 g/mol. The molecule has 2 aromatic carbocycles. The third kappa shape index (κ3) is 7.85.